The van der Waals surface area contributed by atoms with E-state index in [1.165, 1.54) is 0 Å². The predicted octanol–water partition coefficient (Wildman–Crippen LogP) is 2.10. The molecule has 0 unspecified atom stereocenters. The molecule has 0 spiro atoms. The van der Waals surface area contributed by atoms with Gasteiger partial charge in [0, 0.05) is 43.0 Å². The number of likely N-dealkylation sites (tertiary alicyclic amines) is 1. The number of anilines is 1. The molecule has 4 rings (SSSR count). The fourth-order valence-electron chi connectivity index (χ4n) is 3.63. The number of amides is 1. The summed E-state index contributed by atoms with van der Waals surface area (Å²) >= 11 is 0. The summed E-state index contributed by atoms with van der Waals surface area (Å²) < 4.78 is 0. The molecule has 3 aromatic rings. The topological polar surface area (TPSA) is 78.4 Å². The Morgan fingerprint density at radius 2 is 2.04 bits per heavy atom. The van der Waals surface area contributed by atoms with Crippen LogP contribution in [0, 0.1) is 5.92 Å². The largest absolute Gasteiger partial charge is 0.391 e. The summed E-state index contributed by atoms with van der Waals surface area (Å²) in [4.78, 5) is 22.6. The zero-order valence-electron chi connectivity index (χ0n) is 15.0. The number of aromatic nitrogens is 2. The number of pyridine rings is 2. The Hall–Kier alpha value is -2.99. The summed E-state index contributed by atoms with van der Waals surface area (Å²) in [5.74, 6) is 0.0122. The van der Waals surface area contributed by atoms with Crippen LogP contribution in [0.15, 0.2) is 61.1 Å². The van der Waals surface area contributed by atoms with Gasteiger partial charge in [0.2, 0.25) is 5.91 Å². The Morgan fingerprint density at radius 1 is 1.15 bits per heavy atom. The molecular weight excluding hydrogens is 340 g/mol. The van der Waals surface area contributed by atoms with Gasteiger partial charge in [-0.3, -0.25) is 14.8 Å². The Bertz CT molecular complexity index is 926. The number of nitrogens with one attached hydrogen (secondary N) is 1. The number of nitrogens with zero attached hydrogens (tertiary/aromatic N) is 3. The lowest BCUT2D eigenvalue weighted by Crippen LogP contribution is -2.34. The van der Waals surface area contributed by atoms with Crippen LogP contribution in [0.25, 0.3) is 10.9 Å². The van der Waals surface area contributed by atoms with Crippen LogP contribution in [0.4, 0.5) is 5.69 Å². The highest BCUT2D eigenvalue weighted by Crippen LogP contribution is 2.25. The predicted molar refractivity (Wildman–Crippen MR) is 104 cm³/mol. The van der Waals surface area contributed by atoms with Gasteiger partial charge < -0.3 is 15.3 Å². The highest BCUT2D eigenvalue weighted by molar-refractivity contribution is 5.82. The van der Waals surface area contributed by atoms with Crippen molar-refractivity contribution in [2.24, 2.45) is 5.92 Å². The highest BCUT2D eigenvalue weighted by atomic mass is 16.3. The summed E-state index contributed by atoms with van der Waals surface area (Å²) in [6, 6.07) is 13.7. The number of hydrogen-bond acceptors (Lipinski definition) is 5. The van der Waals surface area contributed by atoms with Crippen molar-refractivity contribution < 1.29 is 9.90 Å². The van der Waals surface area contributed by atoms with E-state index in [9.17, 15) is 9.90 Å². The van der Waals surface area contributed by atoms with Gasteiger partial charge in [-0.25, -0.2) is 0 Å². The summed E-state index contributed by atoms with van der Waals surface area (Å²) in [6.07, 6.45) is 5.39. The van der Waals surface area contributed by atoms with Gasteiger partial charge in [-0.05, 0) is 36.2 Å². The highest BCUT2D eigenvalue weighted by Gasteiger charge is 2.34. The van der Waals surface area contributed by atoms with Gasteiger partial charge in [-0.2, -0.15) is 0 Å². The van der Waals surface area contributed by atoms with E-state index in [0.717, 1.165) is 28.6 Å². The average Bonchev–Trinajstić information content (AvgIpc) is 3.08. The Morgan fingerprint density at radius 3 is 2.89 bits per heavy atom. The normalized spacial score (nSPS) is 19.4. The van der Waals surface area contributed by atoms with Crippen molar-refractivity contribution in [3.8, 4) is 0 Å². The molecular formula is C21H22N4O2. The molecule has 3 heterocycles. The van der Waals surface area contributed by atoms with Crippen molar-refractivity contribution in [2.75, 3.05) is 25.0 Å². The number of fused-ring (bicyclic) bond motifs is 1. The first-order valence-corrected chi connectivity index (χ1v) is 9.13. The lowest BCUT2D eigenvalue weighted by Gasteiger charge is -2.17. The molecule has 6 heteroatoms. The molecule has 2 atom stereocenters. The van der Waals surface area contributed by atoms with Crippen LogP contribution >= 0.6 is 0 Å². The van der Waals surface area contributed by atoms with E-state index in [0.29, 0.717) is 13.1 Å². The van der Waals surface area contributed by atoms with Crippen molar-refractivity contribution in [1.82, 2.24) is 14.9 Å². The zero-order chi connectivity index (χ0) is 18.6. The van der Waals surface area contributed by atoms with Gasteiger partial charge in [-0.1, -0.05) is 18.2 Å². The molecule has 0 radical (unpaired) electrons. The average molecular weight is 362 g/mol. The van der Waals surface area contributed by atoms with Crippen molar-refractivity contribution >= 4 is 22.5 Å². The number of aliphatic hydroxyl groups is 1. The number of β-amino-alcohol motifs (C(OH)–C–C–N with tert-alkyl or cyclic N) is 1. The maximum absolute atomic E-state index is 12.5. The number of carbonyl (C=O) groups is 1. The van der Waals surface area contributed by atoms with Crippen LogP contribution in [0.1, 0.15) is 5.56 Å². The monoisotopic (exact) mass is 362 g/mol. The van der Waals surface area contributed by atoms with Gasteiger partial charge >= 0.3 is 0 Å². The van der Waals surface area contributed by atoms with E-state index in [1.54, 1.807) is 23.5 Å². The van der Waals surface area contributed by atoms with Crippen molar-refractivity contribution in [2.45, 2.75) is 12.5 Å². The van der Waals surface area contributed by atoms with Crippen LogP contribution in [0.2, 0.25) is 0 Å². The van der Waals surface area contributed by atoms with E-state index in [-0.39, 0.29) is 18.4 Å². The lowest BCUT2D eigenvalue weighted by molar-refractivity contribution is -0.128. The van der Waals surface area contributed by atoms with Crippen LogP contribution in [-0.4, -0.2) is 51.6 Å². The van der Waals surface area contributed by atoms with Gasteiger partial charge in [-0.15, -0.1) is 0 Å². The summed E-state index contributed by atoms with van der Waals surface area (Å²) in [6.45, 7) is 1.13. The number of benzene rings is 1. The quantitative estimate of drug-likeness (QED) is 0.727. The van der Waals surface area contributed by atoms with Crippen LogP contribution in [0.3, 0.4) is 0 Å². The molecule has 2 N–H and O–H groups in total. The lowest BCUT2D eigenvalue weighted by atomic mass is 9.94. The first-order chi connectivity index (χ1) is 13.2. The summed E-state index contributed by atoms with van der Waals surface area (Å²) in [5, 5.41) is 14.7. The second-order valence-electron chi connectivity index (χ2n) is 6.91. The number of rotatable bonds is 5. The molecule has 138 valence electrons. The fourth-order valence-corrected chi connectivity index (χ4v) is 3.63. The van der Waals surface area contributed by atoms with Crippen LogP contribution < -0.4 is 5.32 Å². The molecule has 1 aromatic carbocycles. The summed E-state index contributed by atoms with van der Waals surface area (Å²) in [5.41, 5.74) is 2.92. The molecule has 1 aliphatic rings. The molecule has 0 bridgehead atoms. The fraction of sp³-hybridized carbons (Fsp3) is 0.286. The van der Waals surface area contributed by atoms with Gasteiger partial charge in [0.25, 0.3) is 0 Å². The van der Waals surface area contributed by atoms with Crippen molar-refractivity contribution in [3.63, 3.8) is 0 Å². The number of aliphatic hydroxyl groups excluding tert-OH is 1. The molecule has 1 fully saturated rings. The SMILES string of the molecule is O=C(CNc1cccnc1)N1C[C@@H](Cc2ccnc3ccccc23)[C@@H](O)C1. The standard InChI is InChI=1S/C21H22N4O2/c26-20-14-25(21(27)12-24-17-4-3-8-22-11-17)13-16(20)10-15-7-9-23-19-6-2-1-5-18(15)19/h1-9,11,16,20,24,26H,10,12-14H2/t16-,20+/m1/s1. The first-order valence-electron chi connectivity index (χ1n) is 9.13. The molecule has 6 nitrogen and oxygen atoms in total. The van der Waals surface area contributed by atoms with Crippen LogP contribution in [0.5, 0.6) is 0 Å². The third-order valence-electron chi connectivity index (χ3n) is 5.09. The Balaban J connectivity index is 1.40. The number of hydrogen-bond donors (Lipinski definition) is 2. The maximum Gasteiger partial charge on any atom is 0.241 e. The molecule has 0 aliphatic carbocycles. The minimum atomic E-state index is -0.515. The van der Waals surface area contributed by atoms with E-state index < -0.39 is 6.10 Å². The number of carbonyl (C=O) groups excluding carboxylic acids is 1. The van der Waals surface area contributed by atoms with E-state index >= 15 is 0 Å². The number of para-hydroxylation sites is 1. The molecule has 27 heavy (non-hydrogen) atoms. The third kappa shape index (κ3) is 3.90. The van der Waals surface area contributed by atoms with Gasteiger partial charge in [0.15, 0.2) is 0 Å². The molecule has 1 saturated heterocycles. The minimum Gasteiger partial charge on any atom is -0.391 e. The van der Waals surface area contributed by atoms with Gasteiger partial charge in [0.1, 0.15) is 0 Å². The molecule has 1 amide bonds. The summed E-state index contributed by atoms with van der Waals surface area (Å²) in [7, 11) is 0. The van der Waals surface area contributed by atoms with E-state index in [2.05, 4.69) is 21.4 Å². The van der Waals surface area contributed by atoms with Gasteiger partial charge in [0.05, 0.1) is 23.9 Å². The third-order valence-corrected chi connectivity index (χ3v) is 5.09. The molecule has 0 saturated carbocycles. The molecule has 1 aliphatic heterocycles. The minimum absolute atomic E-state index is 0.0139. The first kappa shape index (κ1) is 17.4. The second-order valence-corrected chi connectivity index (χ2v) is 6.91. The van der Waals surface area contributed by atoms with Crippen LogP contribution in [-0.2, 0) is 11.2 Å². The maximum atomic E-state index is 12.5. The van der Waals surface area contributed by atoms with E-state index in [4.69, 9.17) is 0 Å². The molecule has 2 aromatic heterocycles. The van der Waals surface area contributed by atoms with Crippen molar-refractivity contribution in [1.29, 1.82) is 0 Å². The zero-order valence-corrected chi connectivity index (χ0v) is 15.0. The Labute approximate surface area is 157 Å². The smallest absolute Gasteiger partial charge is 0.241 e. The Kier molecular flexibility index (Phi) is 4.98. The van der Waals surface area contributed by atoms with Crippen molar-refractivity contribution in [3.05, 3.63) is 66.6 Å². The second kappa shape index (κ2) is 7.72. The van der Waals surface area contributed by atoms with E-state index in [1.807, 2.05) is 36.4 Å².